The molecule has 0 spiro atoms. The first kappa shape index (κ1) is 14.7. The highest BCUT2D eigenvalue weighted by Crippen LogP contribution is 2.14. The van der Waals surface area contributed by atoms with Crippen molar-refractivity contribution in [3.8, 4) is 5.88 Å². The van der Waals surface area contributed by atoms with Crippen molar-refractivity contribution in [2.24, 2.45) is 0 Å². The number of aromatic nitrogens is 2. The van der Waals surface area contributed by atoms with Crippen LogP contribution in [0.2, 0.25) is 0 Å². The quantitative estimate of drug-likeness (QED) is 0.837. The molecule has 0 radical (unpaired) electrons. The smallest absolute Gasteiger partial charge is 0.223 e. The molecule has 2 N–H and O–H groups in total. The van der Waals surface area contributed by atoms with Gasteiger partial charge in [0.1, 0.15) is 6.61 Å². The Morgan fingerprint density at radius 3 is 2.44 bits per heavy atom. The zero-order valence-corrected chi connectivity index (χ0v) is 12.0. The highest BCUT2D eigenvalue weighted by atomic mass is 16.5. The average molecular weight is 252 g/mol. The molecule has 1 aromatic heterocycles. The van der Waals surface area contributed by atoms with Gasteiger partial charge in [-0.1, -0.05) is 0 Å². The first-order valence-corrected chi connectivity index (χ1v) is 6.39. The molecule has 102 valence electrons. The minimum absolute atomic E-state index is 0.250. The third kappa shape index (κ3) is 4.14. The second kappa shape index (κ2) is 6.54. The summed E-state index contributed by atoms with van der Waals surface area (Å²) < 4.78 is 5.68. The zero-order chi connectivity index (χ0) is 13.7. The molecule has 0 aliphatic carbocycles. The van der Waals surface area contributed by atoms with E-state index in [-0.39, 0.29) is 5.95 Å². The lowest BCUT2D eigenvalue weighted by molar-refractivity contribution is 0.140. The molecule has 0 aliphatic heterocycles. The molecular formula is C13H24N4O. The molecule has 5 heteroatoms. The Morgan fingerprint density at radius 1 is 1.28 bits per heavy atom. The van der Waals surface area contributed by atoms with Crippen LogP contribution in [0, 0.1) is 6.92 Å². The Hall–Kier alpha value is -1.36. The minimum atomic E-state index is 0.250. The van der Waals surface area contributed by atoms with Gasteiger partial charge in [0.25, 0.3) is 0 Å². The van der Waals surface area contributed by atoms with E-state index < -0.39 is 0 Å². The molecule has 1 heterocycles. The van der Waals surface area contributed by atoms with E-state index >= 15 is 0 Å². The van der Waals surface area contributed by atoms with Crippen molar-refractivity contribution >= 4 is 5.95 Å². The van der Waals surface area contributed by atoms with E-state index in [0.717, 1.165) is 12.1 Å². The van der Waals surface area contributed by atoms with E-state index in [4.69, 9.17) is 10.5 Å². The number of ether oxygens (including phenoxy) is 1. The molecule has 0 unspecified atom stereocenters. The highest BCUT2D eigenvalue weighted by molar-refractivity contribution is 5.28. The van der Waals surface area contributed by atoms with Crippen molar-refractivity contribution in [3.63, 3.8) is 0 Å². The van der Waals surface area contributed by atoms with Crippen LogP contribution >= 0.6 is 0 Å². The van der Waals surface area contributed by atoms with Gasteiger partial charge in [0.2, 0.25) is 11.8 Å². The SMILES string of the molecule is Cc1cnc(N)nc1OCCN(C(C)C)C(C)C. The third-order valence-corrected chi connectivity index (χ3v) is 2.86. The van der Waals surface area contributed by atoms with Gasteiger partial charge in [0.15, 0.2) is 0 Å². The van der Waals surface area contributed by atoms with Crippen molar-refractivity contribution in [2.75, 3.05) is 18.9 Å². The third-order valence-electron chi connectivity index (χ3n) is 2.86. The number of nitrogens with zero attached hydrogens (tertiary/aromatic N) is 3. The average Bonchev–Trinajstić information content (AvgIpc) is 2.27. The monoisotopic (exact) mass is 252 g/mol. The number of aryl methyl sites for hydroxylation is 1. The molecule has 1 aromatic rings. The first-order valence-electron chi connectivity index (χ1n) is 6.39. The fourth-order valence-corrected chi connectivity index (χ4v) is 1.95. The van der Waals surface area contributed by atoms with Crippen molar-refractivity contribution in [3.05, 3.63) is 11.8 Å². The van der Waals surface area contributed by atoms with Crippen LogP contribution < -0.4 is 10.5 Å². The predicted molar refractivity (Wildman–Crippen MR) is 73.7 cm³/mol. The number of nitrogen functional groups attached to an aromatic ring is 1. The van der Waals surface area contributed by atoms with E-state index in [1.54, 1.807) is 6.20 Å². The molecule has 0 fully saturated rings. The van der Waals surface area contributed by atoms with Crippen LogP contribution in [0.15, 0.2) is 6.20 Å². The Morgan fingerprint density at radius 2 is 1.89 bits per heavy atom. The van der Waals surface area contributed by atoms with E-state index in [1.165, 1.54) is 0 Å². The second-order valence-corrected chi connectivity index (χ2v) is 4.99. The number of hydrogen-bond acceptors (Lipinski definition) is 5. The van der Waals surface area contributed by atoms with E-state index in [9.17, 15) is 0 Å². The Bertz CT molecular complexity index is 371. The van der Waals surface area contributed by atoms with Crippen molar-refractivity contribution < 1.29 is 4.74 Å². The molecule has 0 amide bonds. The number of hydrogen-bond donors (Lipinski definition) is 1. The molecule has 0 saturated carbocycles. The Balaban J connectivity index is 2.52. The first-order chi connectivity index (χ1) is 8.41. The molecule has 18 heavy (non-hydrogen) atoms. The summed E-state index contributed by atoms with van der Waals surface area (Å²) in [7, 11) is 0. The normalized spacial score (nSPS) is 11.6. The second-order valence-electron chi connectivity index (χ2n) is 4.99. The standard InChI is InChI=1S/C13H24N4O/c1-9(2)17(10(3)4)6-7-18-12-11(5)8-15-13(14)16-12/h8-10H,6-7H2,1-5H3,(H2,14,15,16). The van der Waals surface area contributed by atoms with Crippen LogP contribution in [-0.4, -0.2) is 40.1 Å². The van der Waals surface area contributed by atoms with Crippen LogP contribution in [0.4, 0.5) is 5.95 Å². The molecule has 5 nitrogen and oxygen atoms in total. The maximum atomic E-state index is 5.68. The van der Waals surface area contributed by atoms with Gasteiger partial charge in [-0.15, -0.1) is 0 Å². The van der Waals surface area contributed by atoms with Crippen LogP contribution in [-0.2, 0) is 0 Å². The van der Waals surface area contributed by atoms with Gasteiger partial charge in [-0.2, -0.15) is 4.98 Å². The number of rotatable bonds is 6. The van der Waals surface area contributed by atoms with Crippen molar-refractivity contribution in [1.29, 1.82) is 0 Å². The summed E-state index contributed by atoms with van der Waals surface area (Å²) in [6.07, 6.45) is 1.68. The summed E-state index contributed by atoms with van der Waals surface area (Å²) in [4.78, 5) is 10.4. The fourth-order valence-electron chi connectivity index (χ4n) is 1.95. The zero-order valence-electron chi connectivity index (χ0n) is 12.0. The van der Waals surface area contributed by atoms with Gasteiger partial charge in [-0.25, -0.2) is 4.98 Å². The predicted octanol–water partition coefficient (Wildman–Crippen LogP) is 1.86. The summed E-state index contributed by atoms with van der Waals surface area (Å²) in [5.74, 6) is 0.829. The molecule has 0 aromatic carbocycles. The maximum Gasteiger partial charge on any atom is 0.223 e. The van der Waals surface area contributed by atoms with Gasteiger partial charge >= 0.3 is 0 Å². The topological polar surface area (TPSA) is 64.3 Å². The van der Waals surface area contributed by atoms with Crippen LogP contribution in [0.25, 0.3) is 0 Å². The summed E-state index contributed by atoms with van der Waals surface area (Å²) in [5, 5.41) is 0. The van der Waals surface area contributed by atoms with Gasteiger partial charge < -0.3 is 10.5 Å². The van der Waals surface area contributed by atoms with Gasteiger partial charge in [-0.05, 0) is 34.6 Å². The molecule has 0 atom stereocenters. The van der Waals surface area contributed by atoms with Crippen molar-refractivity contribution in [2.45, 2.75) is 46.7 Å². The lowest BCUT2D eigenvalue weighted by atomic mass is 10.2. The molecule has 1 rings (SSSR count). The fraction of sp³-hybridized carbons (Fsp3) is 0.692. The molecule has 0 saturated heterocycles. The Labute approximate surface area is 109 Å². The molecule has 0 aliphatic rings. The van der Waals surface area contributed by atoms with Crippen LogP contribution in [0.1, 0.15) is 33.3 Å². The minimum Gasteiger partial charge on any atom is -0.476 e. The lowest BCUT2D eigenvalue weighted by Gasteiger charge is -2.30. The Kier molecular flexibility index (Phi) is 5.34. The van der Waals surface area contributed by atoms with Gasteiger partial charge in [0.05, 0.1) is 0 Å². The number of nitrogens with two attached hydrogens (primary N) is 1. The number of anilines is 1. The maximum absolute atomic E-state index is 5.68. The largest absolute Gasteiger partial charge is 0.476 e. The van der Waals surface area contributed by atoms with Gasteiger partial charge in [-0.3, -0.25) is 4.90 Å². The molecule has 0 bridgehead atoms. The van der Waals surface area contributed by atoms with E-state index in [0.29, 0.717) is 24.6 Å². The van der Waals surface area contributed by atoms with Crippen LogP contribution in [0.3, 0.4) is 0 Å². The lowest BCUT2D eigenvalue weighted by Crippen LogP contribution is -2.39. The summed E-state index contributed by atoms with van der Waals surface area (Å²) in [6, 6.07) is 1.01. The summed E-state index contributed by atoms with van der Waals surface area (Å²) in [5.41, 5.74) is 6.45. The molecular weight excluding hydrogens is 228 g/mol. The van der Waals surface area contributed by atoms with E-state index in [1.807, 2.05) is 6.92 Å². The van der Waals surface area contributed by atoms with Gasteiger partial charge in [0, 0.05) is 30.4 Å². The summed E-state index contributed by atoms with van der Waals surface area (Å²) >= 11 is 0. The highest BCUT2D eigenvalue weighted by Gasteiger charge is 2.13. The van der Waals surface area contributed by atoms with E-state index in [2.05, 4.69) is 42.6 Å². The summed E-state index contributed by atoms with van der Waals surface area (Å²) in [6.45, 7) is 12.1. The van der Waals surface area contributed by atoms with Crippen molar-refractivity contribution in [1.82, 2.24) is 14.9 Å². The van der Waals surface area contributed by atoms with Crippen LogP contribution in [0.5, 0.6) is 5.88 Å².